The molecule has 4 N–H and O–H groups in total. The Balaban J connectivity index is 3.68. The summed E-state index contributed by atoms with van der Waals surface area (Å²) in [5.74, 6) is 0.224. The molecule has 0 aliphatic carbocycles. The molecule has 0 saturated heterocycles. The second kappa shape index (κ2) is 7.89. The van der Waals surface area contributed by atoms with Crippen molar-refractivity contribution in [3.8, 4) is 0 Å². The molecule has 3 amide bonds. The van der Waals surface area contributed by atoms with Crippen molar-refractivity contribution in [2.75, 3.05) is 27.2 Å². The summed E-state index contributed by atoms with van der Waals surface area (Å²) >= 11 is 0. The van der Waals surface area contributed by atoms with Crippen molar-refractivity contribution in [1.29, 1.82) is 0 Å². The van der Waals surface area contributed by atoms with Crippen LogP contribution in [-0.2, 0) is 4.79 Å². The van der Waals surface area contributed by atoms with E-state index in [0.29, 0.717) is 25.4 Å². The van der Waals surface area contributed by atoms with Crippen LogP contribution in [0.3, 0.4) is 0 Å². The molecular weight excluding hydrogens is 220 g/mol. The highest BCUT2D eigenvalue weighted by Gasteiger charge is 2.14. The Morgan fingerprint density at radius 1 is 1.18 bits per heavy atom. The van der Waals surface area contributed by atoms with Crippen molar-refractivity contribution in [2.45, 2.75) is 26.3 Å². The van der Waals surface area contributed by atoms with E-state index in [4.69, 9.17) is 5.73 Å². The number of carbonyl (C=O) groups is 2. The fraction of sp³-hybridized carbons (Fsp3) is 0.818. The van der Waals surface area contributed by atoms with Crippen LogP contribution >= 0.6 is 0 Å². The smallest absolute Gasteiger partial charge is 0.316 e. The molecule has 6 heteroatoms. The van der Waals surface area contributed by atoms with E-state index < -0.39 is 6.04 Å². The molecule has 17 heavy (non-hydrogen) atoms. The number of nitrogens with zero attached hydrogens (tertiary/aromatic N) is 1. The van der Waals surface area contributed by atoms with Crippen LogP contribution < -0.4 is 16.4 Å². The lowest BCUT2D eigenvalue weighted by Crippen LogP contribution is -2.45. The van der Waals surface area contributed by atoms with Gasteiger partial charge in [-0.2, -0.15) is 0 Å². The second-order valence-corrected chi connectivity index (χ2v) is 4.65. The molecule has 0 unspecified atom stereocenters. The van der Waals surface area contributed by atoms with Crippen LogP contribution in [0.15, 0.2) is 0 Å². The zero-order chi connectivity index (χ0) is 13.4. The molecule has 0 fully saturated rings. The minimum atomic E-state index is -0.473. The minimum Gasteiger partial charge on any atom is -0.353 e. The summed E-state index contributed by atoms with van der Waals surface area (Å²) in [6, 6.07) is -0.648. The first-order chi connectivity index (χ1) is 7.84. The van der Waals surface area contributed by atoms with Gasteiger partial charge in [0.1, 0.15) is 0 Å². The molecule has 0 bridgehead atoms. The fourth-order valence-electron chi connectivity index (χ4n) is 1.26. The Morgan fingerprint density at radius 3 is 2.18 bits per heavy atom. The van der Waals surface area contributed by atoms with Gasteiger partial charge in [0.05, 0.1) is 6.04 Å². The van der Waals surface area contributed by atoms with E-state index in [1.165, 1.54) is 4.90 Å². The van der Waals surface area contributed by atoms with E-state index in [0.717, 1.165) is 0 Å². The third kappa shape index (κ3) is 7.57. The average Bonchev–Trinajstić information content (AvgIpc) is 2.22. The highest BCUT2D eigenvalue weighted by atomic mass is 16.2. The molecule has 100 valence electrons. The Labute approximate surface area is 103 Å². The maximum atomic E-state index is 11.5. The Morgan fingerprint density at radius 2 is 1.71 bits per heavy atom. The zero-order valence-electron chi connectivity index (χ0n) is 11.1. The van der Waals surface area contributed by atoms with Gasteiger partial charge in [-0.1, -0.05) is 13.8 Å². The van der Waals surface area contributed by atoms with Crippen LogP contribution in [0.1, 0.15) is 20.3 Å². The normalized spacial score (nSPS) is 12.1. The van der Waals surface area contributed by atoms with Crippen LogP contribution in [0.4, 0.5) is 4.79 Å². The van der Waals surface area contributed by atoms with Gasteiger partial charge in [0, 0.05) is 27.2 Å². The van der Waals surface area contributed by atoms with Crippen LogP contribution in [0.25, 0.3) is 0 Å². The first-order valence-electron chi connectivity index (χ1n) is 5.83. The van der Waals surface area contributed by atoms with Gasteiger partial charge in [0.2, 0.25) is 5.91 Å². The summed E-state index contributed by atoms with van der Waals surface area (Å²) < 4.78 is 0. The van der Waals surface area contributed by atoms with Crippen LogP contribution in [0.5, 0.6) is 0 Å². The highest BCUT2D eigenvalue weighted by molar-refractivity contribution is 5.81. The third-order valence-electron chi connectivity index (χ3n) is 2.17. The lowest BCUT2D eigenvalue weighted by molar-refractivity contribution is -0.122. The number of nitrogens with two attached hydrogens (primary N) is 1. The monoisotopic (exact) mass is 244 g/mol. The summed E-state index contributed by atoms with van der Waals surface area (Å²) in [5, 5.41) is 5.33. The lowest BCUT2D eigenvalue weighted by atomic mass is 10.0. The summed E-state index contributed by atoms with van der Waals surface area (Å²) in [7, 11) is 3.32. The first kappa shape index (κ1) is 15.7. The van der Waals surface area contributed by atoms with Crippen molar-refractivity contribution in [1.82, 2.24) is 15.5 Å². The fourth-order valence-corrected chi connectivity index (χ4v) is 1.26. The third-order valence-corrected chi connectivity index (χ3v) is 2.17. The lowest BCUT2D eigenvalue weighted by Gasteiger charge is -2.15. The quantitative estimate of drug-likeness (QED) is 0.563. The minimum absolute atomic E-state index is 0.169. The number of hydrogen-bond acceptors (Lipinski definition) is 3. The second-order valence-electron chi connectivity index (χ2n) is 4.65. The van der Waals surface area contributed by atoms with Crippen molar-refractivity contribution < 1.29 is 9.59 Å². The van der Waals surface area contributed by atoms with Gasteiger partial charge < -0.3 is 21.3 Å². The predicted octanol–water partition coefficient (Wildman–Crippen LogP) is -0.253. The maximum Gasteiger partial charge on any atom is 0.316 e. The zero-order valence-corrected chi connectivity index (χ0v) is 11.1. The Bertz CT molecular complexity index is 254. The van der Waals surface area contributed by atoms with E-state index in [-0.39, 0.29) is 11.9 Å². The molecule has 0 aromatic rings. The Kier molecular flexibility index (Phi) is 7.29. The van der Waals surface area contributed by atoms with Gasteiger partial charge in [-0.05, 0) is 12.3 Å². The number of nitrogens with one attached hydrogen (secondary N) is 2. The van der Waals surface area contributed by atoms with E-state index in [9.17, 15) is 9.59 Å². The van der Waals surface area contributed by atoms with Crippen LogP contribution in [-0.4, -0.2) is 50.1 Å². The van der Waals surface area contributed by atoms with Gasteiger partial charge in [0.15, 0.2) is 0 Å². The standard InChI is InChI=1S/C11H24N4O2/c1-8(2)7-9(12)10(16)13-5-6-14-11(17)15(3)4/h8-9H,5-7,12H2,1-4H3,(H,13,16)(H,14,17)/t9-/m1/s1. The van der Waals surface area contributed by atoms with Gasteiger partial charge in [0.25, 0.3) is 0 Å². The Hall–Kier alpha value is -1.30. The molecule has 6 nitrogen and oxygen atoms in total. The van der Waals surface area contributed by atoms with Gasteiger partial charge in [-0.25, -0.2) is 4.79 Å². The van der Waals surface area contributed by atoms with E-state index >= 15 is 0 Å². The highest BCUT2D eigenvalue weighted by Crippen LogP contribution is 2.01. The molecule has 0 rings (SSSR count). The van der Waals surface area contributed by atoms with Crippen LogP contribution in [0.2, 0.25) is 0 Å². The van der Waals surface area contributed by atoms with E-state index in [2.05, 4.69) is 10.6 Å². The number of amides is 3. The molecule has 0 saturated carbocycles. The summed E-state index contributed by atoms with van der Waals surface area (Å²) in [6.07, 6.45) is 0.663. The largest absolute Gasteiger partial charge is 0.353 e. The molecule has 0 aromatic carbocycles. The summed E-state index contributed by atoms with van der Waals surface area (Å²) in [6.45, 7) is 4.83. The number of rotatable bonds is 6. The van der Waals surface area contributed by atoms with Crippen molar-refractivity contribution in [3.63, 3.8) is 0 Å². The predicted molar refractivity (Wildman–Crippen MR) is 67.5 cm³/mol. The average molecular weight is 244 g/mol. The molecule has 0 aromatic heterocycles. The number of carbonyl (C=O) groups excluding carboxylic acids is 2. The topological polar surface area (TPSA) is 87.5 Å². The van der Waals surface area contributed by atoms with Gasteiger partial charge in [-0.3, -0.25) is 4.79 Å². The molecule has 1 atom stereocenters. The first-order valence-corrected chi connectivity index (χ1v) is 5.83. The molecule has 0 spiro atoms. The molecule has 0 aliphatic rings. The van der Waals surface area contributed by atoms with E-state index in [1.54, 1.807) is 14.1 Å². The molecule has 0 radical (unpaired) electrons. The number of urea groups is 1. The van der Waals surface area contributed by atoms with Gasteiger partial charge in [-0.15, -0.1) is 0 Å². The maximum absolute atomic E-state index is 11.5. The molecule has 0 aliphatic heterocycles. The van der Waals surface area contributed by atoms with Gasteiger partial charge >= 0.3 is 6.03 Å². The molecule has 0 heterocycles. The summed E-state index contributed by atoms with van der Waals surface area (Å²) in [5.41, 5.74) is 5.70. The van der Waals surface area contributed by atoms with Crippen LogP contribution in [0, 0.1) is 5.92 Å². The SMILES string of the molecule is CC(C)C[C@@H](N)C(=O)NCCNC(=O)N(C)C. The van der Waals surface area contributed by atoms with E-state index in [1.807, 2.05) is 13.8 Å². The number of hydrogen-bond donors (Lipinski definition) is 3. The van der Waals surface area contributed by atoms with Crippen molar-refractivity contribution >= 4 is 11.9 Å². The van der Waals surface area contributed by atoms with Crippen molar-refractivity contribution in [3.05, 3.63) is 0 Å². The van der Waals surface area contributed by atoms with Crippen molar-refractivity contribution in [2.24, 2.45) is 11.7 Å². The summed E-state index contributed by atoms with van der Waals surface area (Å²) in [4.78, 5) is 24.1. The molecular formula is C11H24N4O2.